The molecule has 0 aliphatic carbocycles. The summed E-state index contributed by atoms with van der Waals surface area (Å²) in [4.78, 5) is 33.9. The Morgan fingerprint density at radius 1 is 1.39 bits per heavy atom. The molecule has 9 heteroatoms. The van der Waals surface area contributed by atoms with Crippen LogP contribution in [0.4, 0.5) is 0 Å². The summed E-state index contributed by atoms with van der Waals surface area (Å²) in [6.45, 7) is 0.643. The van der Waals surface area contributed by atoms with Crippen molar-refractivity contribution >= 4 is 28.6 Å². The van der Waals surface area contributed by atoms with E-state index in [2.05, 4.69) is 20.2 Å². The second-order valence-corrected chi connectivity index (χ2v) is 7.04. The van der Waals surface area contributed by atoms with Gasteiger partial charge in [0.25, 0.3) is 5.91 Å². The first-order chi connectivity index (χ1) is 11.2. The van der Waals surface area contributed by atoms with Crippen LogP contribution in [0.3, 0.4) is 0 Å². The van der Waals surface area contributed by atoms with Gasteiger partial charge in [-0.2, -0.15) is 5.10 Å². The van der Waals surface area contributed by atoms with E-state index in [9.17, 15) is 9.59 Å². The van der Waals surface area contributed by atoms with Crippen molar-refractivity contribution in [3.05, 3.63) is 44.9 Å². The standard InChI is InChI=1S/C14H13N5O2S2/c20-13(8-7-23-12(15-8)10-4-2-6-22-10)19-5-1-3-9(19)11-16-14(21)18-17-11/h2,4,6-7,9H,1,3,5H2,(H2,16,17,18,21)/t9-/m0/s1. The fourth-order valence-corrected chi connectivity index (χ4v) is 4.38. The summed E-state index contributed by atoms with van der Waals surface area (Å²) >= 11 is 3.07. The number of nitrogens with zero attached hydrogens (tertiary/aromatic N) is 3. The summed E-state index contributed by atoms with van der Waals surface area (Å²) in [5.74, 6) is 0.393. The minimum Gasteiger partial charge on any atom is -0.327 e. The number of hydrogen-bond acceptors (Lipinski definition) is 6. The SMILES string of the molecule is O=C(c1csc(-c2cccs2)n1)N1CCC[C@H]1c1n[nH]c(=O)[nH]1. The second-order valence-electron chi connectivity index (χ2n) is 5.23. The smallest absolute Gasteiger partial charge is 0.327 e. The first-order valence-corrected chi connectivity index (χ1v) is 8.93. The highest BCUT2D eigenvalue weighted by Gasteiger charge is 2.33. The van der Waals surface area contributed by atoms with Gasteiger partial charge in [-0.05, 0) is 24.3 Å². The molecule has 4 heterocycles. The van der Waals surface area contributed by atoms with Crippen molar-refractivity contribution in [1.29, 1.82) is 0 Å². The summed E-state index contributed by atoms with van der Waals surface area (Å²) in [7, 11) is 0. The maximum absolute atomic E-state index is 12.8. The summed E-state index contributed by atoms with van der Waals surface area (Å²) in [6, 6.07) is 3.76. The molecule has 1 aliphatic heterocycles. The number of H-pyrrole nitrogens is 2. The Kier molecular flexibility index (Phi) is 3.58. The van der Waals surface area contributed by atoms with Crippen molar-refractivity contribution in [3.63, 3.8) is 0 Å². The highest BCUT2D eigenvalue weighted by Crippen LogP contribution is 2.32. The number of aromatic amines is 2. The van der Waals surface area contributed by atoms with Crippen LogP contribution in [0.2, 0.25) is 0 Å². The van der Waals surface area contributed by atoms with Crippen molar-refractivity contribution in [2.24, 2.45) is 0 Å². The van der Waals surface area contributed by atoms with Crippen molar-refractivity contribution in [1.82, 2.24) is 25.1 Å². The van der Waals surface area contributed by atoms with E-state index >= 15 is 0 Å². The molecule has 4 rings (SSSR count). The Morgan fingerprint density at radius 3 is 3.04 bits per heavy atom. The van der Waals surface area contributed by atoms with Crippen LogP contribution in [-0.4, -0.2) is 37.5 Å². The quantitative estimate of drug-likeness (QED) is 0.760. The van der Waals surface area contributed by atoms with Gasteiger partial charge < -0.3 is 4.90 Å². The number of likely N-dealkylation sites (tertiary alicyclic amines) is 1. The zero-order valence-electron chi connectivity index (χ0n) is 12.0. The predicted molar refractivity (Wildman–Crippen MR) is 87.6 cm³/mol. The monoisotopic (exact) mass is 347 g/mol. The van der Waals surface area contributed by atoms with E-state index in [0.29, 0.717) is 18.1 Å². The molecule has 1 fully saturated rings. The van der Waals surface area contributed by atoms with E-state index in [1.54, 1.807) is 21.6 Å². The summed E-state index contributed by atoms with van der Waals surface area (Å²) in [5.41, 5.74) is 0.0936. The van der Waals surface area contributed by atoms with Crippen molar-refractivity contribution < 1.29 is 4.79 Å². The van der Waals surface area contributed by atoms with Gasteiger partial charge in [-0.25, -0.2) is 14.9 Å². The molecule has 0 unspecified atom stereocenters. The average Bonchev–Trinajstić information content (AvgIpc) is 3.31. The Balaban J connectivity index is 1.59. The molecule has 1 atom stereocenters. The molecule has 1 saturated heterocycles. The van der Waals surface area contributed by atoms with Crippen LogP contribution < -0.4 is 5.69 Å². The number of rotatable bonds is 3. The van der Waals surface area contributed by atoms with Gasteiger partial charge in [-0.15, -0.1) is 22.7 Å². The zero-order chi connectivity index (χ0) is 15.8. The maximum Gasteiger partial charge on any atom is 0.340 e. The van der Waals surface area contributed by atoms with Gasteiger partial charge in [-0.1, -0.05) is 6.07 Å². The second kappa shape index (κ2) is 5.74. The Hall–Kier alpha value is -2.26. The number of amides is 1. The molecule has 7 nitrogen and oxygen atoms in total. The van der Waals surface area contributed by atoms with Gasteiger partial charge >= 0.3 is 5.69 Å². The number of thiophene rings is 1. The normalized spacial score (nSPS) is 17.7. The van der Waals surface area contributed by atoms with Crippen LogP contribution in [-0.2, 0) is 0 Å². The van der Waals surface area contributed by atoms with E-state index in [1.165, 1.54) is 11.3 Å². The largest absolute Gasteiger partial charge is 0.340 e. The Bertz CT molecular complexity index is 879. The van der Waals surface area contributed by atoms with Crippen molar-refractivity contribution in [2.45, 2.75) is 18.9 Å². The molecule has 0 radical (unpaired) electrons. The fraction of sp³-hybridized carbons (Fsp3) is 0.286. The summed E-state index contributed by atoms with van der Waals surface area (Å²) < 4.78 is 0. The molecular formula is C14H13N5O2S2. The average molecular weight is 347 g/mol. The highest BCUT2D eigenvalue weighted by atomic mass is 32.1. The molecule has 23 heavy (non-hydrogen) atoms. The van der Waals surface area contributed by atoms with E-state index in [4.69, 9.17) is 0 Å². The molecule has 118 valence electrons. The number of carbonyl (C=O) groups excluding carboxylic acids is 1. The lowest BCUT2D eigenvalue weighted by Crippen LogP contribution is -2.31. The molecule has 2 N–H and O–H groups in total. The van der Waals surface area contributed by atoms with Gasteiger partial charge in [-0.3, -0.25) is 9.78 Å². The molecule has 0 bridgehead atoms. The topological polar surface area (TPSA) is 94.7 Å². The van der Waals surface area contributed by atoms with E-state index in [1.807, 2.05) is 17.5 Å². The van der Waals surface area contributed by atoms with Crippen LogP contribution >= 0.6 is 22.7 Å². The van der Waals surface area contributed by atoms with Crippen molar-refractivity contribution in [3.8, 4) is 9.88 Å². The number of nitrogens with one attached hydrogen (secondary N) is 2. The highest BCUT2D eigenvalue weighted by molar-refractivity contribution is 7.20. The van der Waals surface area contributed by atoms with Crippen LogP contribution in [0, 0.1) is 0 Å². The molecule has 1 aliphatic rings. The first-order valence-electron chi connectivity index (χ1n) is 7.17. The van der Waals surface area contributed by atoms with E-state index in [-0.39, 0.29) is 17.6 Å². The van der Waals surface area contributed by atoms with Crippen LogP contribution in [0.25, 0.3) is 9.88 Å². The number of carbonyl (C=O) groups is 1. The Morgan fingerprint density at radius 2 is 2.30 bits per heavy atom. The van der Waals surface area contributed by atoms with Crippen LogP contribution in [0.1, 0.15) is 35.2 Å². The van der Waals surface area contributed by atoms with Gasteiger partial charge in [0.2, 0.25) is 0 Å². The van der Waals surface area contributed by atoms with Crippen LogP contribution in [0.5, 0.6) is 0 Å². The molecule has 3 aromatic rings. The molecule has 0 spiro atoms. The minimum absolute atomic E-state index is 0.115. The van der Waals surface area contributed by atoms with Gasteiger partial charge in [0.05, 0.1) is 10.9 Å². The van der Waals surface area contributed by atoms with Gasteiger partial charge in [0.15, 0.2) is 5.82 Å². The number of thiazole rings is 1. The third kappa shape index (κ3) is 2.62. The lowest BCUT2D eigenvalue weighted by Gasteiger charge is -2.21. The number of hydrogen-bond donors (Lipinski definition) is 2. The molecule has 0 saturated carbocycles. The third-order valence-electron chi connectivity index (χ3n) is 3.80. The lowest BCUT2D eigenvalue weighted by atomic mass is 10.2. The maximum atomic E-state index is 12.8. The van der Waals surface area contributed by atoms with Crippen LogP contribution in [0.15, 0.2) is 27.7 Å². The van der Waals surface area contributed by atoms with Gasteiger partial charge in [0, 0.05) is 11.9 Å². The number of aromatic nitrogens is 4. The lowest BCUT2D eigenvalue weighted by molar-refractivity contribution is 0.0725. The first kappa shape index (κ1) is 14.3. The van der Waals surface area contributed by atoms with E-state index < -0.39 is 0 Å². The molecule has 1 amide bonds. The zero-order valence-corrected chi connectivity index (χ0v) is 13.6. The fourth-order valence-electron chi connectivity index (χ4n) is 2.77. The van der Waals surface area contributed by atoms with Crippen molar-refractivity contribution in [2.75, 3.05) is 6.54 Å². The van der Waals surface area contributed by atoms with E-state index in [0.717, 1.165) is 22.7 Å². The molecule has 0 aromatic carbocycles. The summed E-state index contributed by atoms with van der Waals surface area (Å²) in [6.07, 6.45) is 1.67. The molecular weight excluding hydrogens is 334 g/mol. The predicted octanol–water partition coefficient (Wildman–Crippen LogP) is 2.26. The summed E-state index contributed by atoms with van der Waals surface area (Å²) in [5, 5.41) is 11.0. The molecule has 3 aromatic heterocycles. The third-order valence-corrected chi connectivity index (χ3v) is 5.69. The Labute approximate surface area is 139 Å². The minimum atomic E-state index is -0.354. The van der Waals surface area contributed by atoms with Gasteiger partial charge in [0.1, 0.15) is 10.7 Å².